The van der Waals surface area contributed by atoms with Crippen molar-refractivity contribution in [3.8, 4) is 11.8 Å². The van der Waals surface area contributed by atoms with E-state index in [-0.39, 0.29) is 5.91 Å². The lowest BCUT2D eigenvalue weighted by molar-refractivity contribution is -0.122. The van der Waals surface area contributed by atoms with Crippen LogP contribution in [-0.4, -0.2) is 32.1 Å². The van der Waals surface area contributed by atoms with Crippen molar-refractivity contribution >= 4 is 17.2 Å². The molecule has 4 rings (SSSR count). The number of methoxy groups -OCH3 is 2. The number of carbonyl (C=O) groups is 1. The van der Waals surface area contributed by atoms with Crippen molar-refractivity contribution in [1.82, 2.24) is 4.90 Å². The predicted molar refractivity (Wildman–Crippen MR) is 106 cm³/mol. The van der Waals surface area contributed by atoms with Crippen LogP contribution < -0.4 is 4.74 Å². The molecule has 0 radical (unpaired) electrons. The van der Waals surface area contributed by atoms with Gasteiger partial charge in [-0.1, -0.05) is 42.5 Å². The number of likely N-dealkylation sites (N-methyl/N-ethyl adjacent to an activating group) is 1. The van der Waals surface area contributed by atoms with Crippen molar-refractivity contribution in [2.45, 2.75) is 0 Å². The third-order valence-corrected chi connectivity index (χ3v) is 5.04. The molecule has 138 valence electrons. The molecule has 1 aliphatic heterocycles. The van der Waals surface area contributed by atoms with E-state index in [0.29, 0.717) is 33.8 Å². The average molecular weight is 370 g/mol. The van der Waals surface area contributed by atoms with Gasteiger partial charge in [-0.25, -0.2) is 0 Å². The van der Waals surface area contributed by atoms with Crippen LogP contribution >= 0.6 is 0 Å². The molecule has 2 aromatic carbocycles. The molecular weight excluding hydrogens is 352 g/mol. The number of hydrogen-bond donors (Lipinski definition) is 0. The van der Waals surface area contributed by atoms with Gasteiger partial charge in [-0.15, -0.1) is 0 Å². The zero-order chi connectivity index (χ0) is 19.8. The van der Waals surface area contributed by atoms with Crippen molar-refractivity contribution in [1.29, 1.82) is 5.26 Å². The predicted octanol–water partition coefficient (Wildman–Crippen LogP) is 3.77. The fourth-order valence-electron chi connectivity index (χ4n) is 3.77. The van der Waals surface area contributed by atoms with Crippen LogP contribution in [0.1, 0.15) is 11.1 Å². The zero-order valence-electron chi connectivity index (χ0n) is 15.8. The minimum Gasteiger partial charge on any atom is -0.497 e. The van der Waals surface area contributed by atoms with Gasteiger partial charge in [0.2, 0.25) is 0 Å². The molecule has 1 amide bonds. The molecule has 0 atom stereocenters. The Balaban J connectivity index is 2.04. The van der Waals surface area contributed by atoms with Crippen molar-refractivity contribution in [3.05, 3.63) is 88.2 Å². The summed E-state index contributed by atoms with van der Waals surface area (Å²) in [5, 5.41) is 9.87. The Kier molecular flexibility index (Phi) is 4.25. The SMILES string of the molecule is COC1=C(C#N)C(c2ccc(OC)cc2)=C2C(=O)N(C)C(c3ccccc3)=C12. The standard InChI is InChI=1S/C23H18N2O3/c1-25-21(15-7-5-4-6-8-15)20-19(23(25)26)18(17(13-24)22(20)28-3)14-9-11-16(27-2)12-10-14/h4-12H,1-3H3. The average Bonchev–Trinajstić information content (AvgIpc) is 3.20. The van der Waals surface area contributed by atoms with E-state index in [2.05, 4.69) is 6.07 Å². The minimum atomic E-state index is -0.153. The van der Waals surface area contributed by atoms with E-state index in [1.165, 1.54) is 7.11 Å². The van der Waals surface area contributed by atoms with Gasteiger partial charge in [-0.2, -0.15) is 5.26 Å². The van der Waals surface area contributed by atoms with Gasteiger partial charge >= 0.3 is 0 Å². The van der Waals surface area contributed by atoms with E-state index in [1.807, 2.05) is 54.6 Å². The third kappa shape index (κ3) is 2.43. The van der Waals surface area contributed by atoms with Gasteiger partial charge in [0.05, 0.1) is 31.1 Å². The van der Waals surface area contributed by atoms with Gasteiger partial charge in [0.1, 0.15) is 23.2 Å². The topological polar surface area (TPSA) is 62.6 Å². The van der Waals surface area contributed by atoms with E-state index < -0.39 is 0 Å². The van der Waals surface area contributed by atoms with Gasteiger partial charge in [0, 0.05) is 12.6 Å². The summed E-state index contributed by atoms with van der Waals surface area (Å²) in [6, 6.07) is 19.2. The Morgan fingerprint density at radius 1 is 0.857 bits per heavy atom. The number of hydrogen-bond acceptors (Lipinski definition) is 4. The molecule has 2 aliphatic rings. The third-order valence-electron chi connectivity index (χ3n) is 5.04. The maximum Gasteiger partial charge on any atom is 0.259 e. The highest BCUT2D eigenvalue weighted by Gasteiger charge is 2.44. The summed E-state index contributed by atoms with van der Waals surface area (Å²) < 4.78 is 10.9. The first-order chi connectivity index (χ1) is 13.6. The second-order valence-electron chi connectivity index (χ2n) is 6.45. The number of carbonyl (C=O) groups excluding carboxylic acids is 1. The van der Waals surface area contributed by atoms with Crippen LogP contribution in [0.15, 0.2) is 77.1 Å². The van der Waals surface area contributed by atoms with E-state index in [0.717, 1.165) is 16.8 Å². The molecule has 5 nitrogen and oxygen atoms in total. The lowest BCUT2D eigenvalue weighted by Gasteiger charge is -2.16. The Bertz CT molecular complexity index is 1100. The molecule has 0 N–H and O–H groups in total. The van der Waals surface area contributed by atoms with Crippen molar-refractivity contribution in [2.75, 3.05) is 21.3 Å². The molecular formula is C23H18N2O3. The first-order valence-corrected chi connectivity index (χ1v) is 8.78. The molecule has 0 bridgehead atoms. The lowest BCUT2D eigenvalue weighted by atomic mass is 9.97. The van der Waals surface area contributed by atoms with E-state index >= 15 is 0 Å². The van der Waals surface area contributed by atoms with Crippen LogP contribution in [0.5, 0.6) is 5.75 Å². The van der Waals surface area contributed by atoms with E-state index in [1.54, 1.807) is 19.1 Å². The molecule has 2 aromatic rings. The Hall–Kier alpha value is -3.78. The van der Waals surface area contributed by atoms with Crippen molar-refractivity contribution in [3.63, 3.8) is 0 Å². The summed E-state index contributed by atoms with van der Waals surface area (Å²) in [6.45, 7) is 0. The Morgan fingerprint density at radius 2 is 1.54 bits per heavy atom. The summed E-state index contributed by atoms with van der Waals surface area (Å²) >= 11 is 0. The zero-order valence-corrected chi connectivity index (χ0v) is 15.8. The molecule has 0 saturated heterocycles. The molecule has 28 heavy (non-hydrogen) atoms. The van der Waals surface area contributed by atoms with Gasteiger partial charge in [0.25, 0.3) is 5.91 Å². The van der Waals surface area contributed by atoms with Crippen LogP contribution in [0.2, 0.25) is 0 Å². The summed E-state index contributed by atoms with van der Waals surface area (Å²) in [6.07, 6.45) is 0. The van der Waals surface area contributed by atoms with Crippen molar-refractivity contribution in [2.24, 2.45) is 0 Å². The lowest BCUT2D eigenvalue weighted by Crippen LogP contribution is -2.20. The first-order valence-electron chi connectivity index (χ1n) is 8.78. The van der Waals surface area contributed by atoms with Crippen LogP contribution in [0, 0.1) is 11.3 Å². The fourth-order valence-corrected chi connectivity index (χ4v) is 3.77. The monoisotopic (exact) mass is 370 g/mol. The van der Waals surface area contributed by atoms with Gasteiger partial charge in [-0.3, -0.25) is 4.79 Å². The minimum absolute atomic E-state index is 0.153. The summed E-state index contributed by atoms with van der Waals surface area (Å²) in [4.78, 5) is 14.8. The van der Waals surface area contributed by atoms with E-state index in [9.17, 15) is 10.1 Å². The second-order valence-corrected chi connectivity index (χ2v) is 6.45. The van der Waals surface area contributed by atoms with Crippen LogP contribution in [-0.2, 0) is 9.53 Å². The highest BCUT2D eigenvalue weighted by molar-refractivity contribution is 6.21. The molecule has 0 fully saturated rings. The quantitative estimate of drug-likeness (QED) is 0.822. The summed E-state index contributed by atoms with van der Waals surface area (Å²) in [5.41, 5.74) is 4.55. The maximum atomic E-state index is 13.2. The number of fused-ring (bicyclic) bond motifs is 1. The van der Waals surface area contributed by atoms with Crippen LogP contribution in [0.25, 0.3) is 11.3 Å². The Labute approximate surface area is 163 Å². The number of benzene rings is 2. The number of nitriles is 1. The maximum absolute atomic E-state index is 13.2. The summed E-state index contributed by atoms with van der Waals surface area (Å²) in [5.74, 6) is 0.983. The second kappa shape index (κ2) is 6.75. The van der Waals surface area contributed by atoms with Crippen molar-refractivity contribution < 1.29 is 14.3 Å². The molecule has 0 saturated carbocycles. The number of amides is 1. The fraction of sp³-hybridized carbons (Fsp3) is 0.130. The van der Waals surface area contributed by atoms with Crippen LogP contribution in [0.4, 0.5) is 0 Å². The smallest absolute Gasteiger partial charge is 0.259 e. The molecule has 0 spiro atoms. The van der Waals surface area contributed by atoms with Gasteiger partial charge < -0.3 is 14.4 Å². The molecule has 5 heteroatoms. The largest absolute Gasteiger partial charge is 0.497 e. The normalized spacial score (nSPS) is 15.9. The van der Waals surface area contributed by atoms with Gasteiger partial charge in [-0.05, 0) is 23.3 Å². The highest BCUT2D eigenvalue weighted by Crippen LogP contribution is 2.50. The highest BCUT2D eigenvalue weighted by atomic mass is 16.5. The Morgan fingerprint density at radius 3 is 2.11 bits per heavy atom. The number of allylic oxidation sites excluding steroid dienone is 3. The number of rotatable bonds is 4. The first kappa shape index (κ1) is 17.6. The molecule has 0 aromatic heterocycles. The van der Waals surface area contributed by atoms with Gasteiger partial charge in [0.15, 0.2) is 0 Å². The molecule has 0 unspecified atom stereocenters. The van der Waals surface area contributed by atoms with E-state index in [4.69, 9.17) is 9.47 Å². The number of ether oxygens (including phenoxy) is 2. The molecule has 1 heterocycles. The summed E-state index contributed by atoms with van der Waals surface area (Å²) in [7, 11) is 4.87. The van der Waals surface area contributed by atoms with Crippen LogP contribution in [0.3, 0.4) is 0 Å². The molecule has 1 aliphatic carbocycles. The number of nitrogens with zero attached hydrogens (tertiary/aromatic N) is 2.